The molecule has 13 heavy (non-hydrogen) atoms. The highest BCUT2D eigenvalue weighted by molar-refractivity contribution is 5.33. The first kappa shape index (κ1) is 9.55. The standard InChI is InChI=1S/C8H6F2N2O/c9-8(10)5-1-6(4-13)7(2-11)12-3-5/h1,3,8,13H,4H2. The lowest BCUT2D eigenvalue weighted by Crippen LogP contribution is -1.96. The van der Waals surface area contributed by atoms with Crippen LogP contribution in [0.5, 0.6) is 0 Å². The monoisotopic (exact) mass is 184 g/mol. The number of hydrogen-bond acceptors (Lipinski definition) is 3. The Morgan fingerprint density at radius 1 is 1.62 bits per heavy atom. The van der Waals surface area contributed by atoms with Gasteiger partial charge < -0.3 is 5.11 Å². The van der Waals surface area contributed by atoms with E-state index in [0.29, 0.717) is 0 Å². The number of nitriles is 1. The van der Waals surface area contributed by atoms with E-state index in [0.717, 1.165) is 12.3 Å². The Balaban J connectivity index is 3.15. The average Bonchev–Trinajstić information content (AvgIpc) is 2.16. The number of aliphatic hydroxyl groups excluding tert-OH is 1. The zero-order valence-electron chi connectivity index (χ0n) is 6.54. The van der Waals surface area contributed by atoms with Crippen LogP contribution in [0.25, 0.3) is 0 Å². The third kappa shape index (κ3) is 1.98. The molecule has 0 saturated heterocycles. The molecule has 0 radical (unpaired) electrons. The van der Waals surface area contributed by atoms with Crippen LogP contribution in [-0.2, 0) is 6.61 Å². The molecule has 0 aromatic carbocycles. The van der Waals surface area contributed by atoms with E-state index in [9.17, 15) is 8.78 Å². The maximum atomic E-state index is 12.1. The summed E-state index contributed by atoms with van der Waals surface area (Å²) < 4.78 is 24.2. The number of pyridine rings is 1. The molecule has 0 amide bonds. The quantitative estimate of drug-likeness (QED) is 0.755. The smallest absolute Gasteiger partial charge is 0.265 e. The zero-order chi connectivity index (χ0) is 9.84. The summed E-state index contributed by atoms with van der Waals surface area (Å²) in [5.74, 6) is 0. The van der Waals surface area contributed by atoms with Gasteiger partial charge in [-0.2, -0.15) is 5.26 Å². The zero-order valence-corrected chi connectivity index (χ0v) is 6.54. The Morgan fingerprint density at radius 2 is 2.31 bits per heavy atom. The fourth-order valence-corrected chi connectivity index (χ4v) is 0.869. The molecule has 0 fully saturated rings. The van der Waals surface area contributed by atoms with E-state index in [2.05, 4.69) is 4.98 Å². The predicted octanol–water partition coefficient (Wildman–Crippen LogP) is 1.38. The van der Waals surface area contributed by atoms with Crippen molar-refractivity contribution in [1.82, 2.24) is 4.98 Å². The Bertz CT molecular complexity index is 346. The summed E-state index contributed by atoms with van der Waals surface area (Å²) in [6, 6.07) is 2.78. The molecular formula is C8H6F2N2O. The molecule has 0 atom stereocenters. The minimum Gasteiger partial charge on any atom is -0.392 e. The van der Waals surface area contributed by atoms with Gasteiger partial charge in [0.2, 0.25) is 0 Å². The molecule has 1 aromatic heterocycles. The van der Waals surface area contributed by atoms with Crippen LogP contribution in [0.4, 0.5) is 8.78 Å². The lowest BCUT2D eigenvalue weighted by atomic mass is 10.1. The molecule has 0 saturated carbocycles. The van der Waals surface area contributed by atoms with Crippen molar-refractivity contribution >= 4 is 0 Å². The lowest BCUT2D eigenvalue weighted by molar-refractivity contribution is 0.150. The lowest BCUT2D eigenvalue weighted by Gasteiger charge is -2.02. The van der Waals surface area contributed by atoms with Gasteiger partial charge in [-0.15, -0.1) is 0 Å². The highest BCUT2D eigenvalue weighted by atomic mass is 19.3. The van der Waals surface area contributed by atoms with Gasteiger partial charge >= 0.3 is 0 Å². The van der Waals surface area contributed by atoms with Crippen molar-refractivity contribution < 1.29 is 13.9 Å². The SMILES string of the molecule is N#Cc1ncc(C(F)F)cc1CO. The van der Waals surface area contributed by atoms with Gasteiger partial charge in [-0.25, -0.2) is 13.8 Å². The minimum atomic E-state index is -2.63. The Morgan fingerprint density at radius 3 is 2.77 bits per heavy atom. The molecule has 1 rings (SSSR count). The van der Waals surface area contributed by atoms with Gasteiger partial charge in [0, 0.05) is 17.3 Å². The third-order valence-corrected chi connectivity index (χ3v) is 1.52. The van der Waals surface area contributed by atoms with Crippen LogP contribution in [0, 0.1) is 11.3 Å². The summed E-state index contributed by atoms with van der Waals surface area (Å²) >= 11 is 0. The molecule has 0 aliphatic heterocycles. The van der Waals surface area contributed by atoms with Crippen molar-refractivity contribution in [2.24, 2.45) is 0 Å². The van der Waals surface area contributed by atoms with Crippen LogP contribution < -0.4 is 0 Å². The van der Waals surface area contributed by atoms with Crippen molar-refractivity contribution in [1.29, 1.82) is 5.26 Å². The molecule has 1 N–H and O–H groups in total. The summed E-state index contributed by atoms with van der Waals surface area (Å²) in [6.07, 6.45) is -1.70. The van der Waals surface area contributed by atoms with Gasteiger partial charge in [0.1, 0.15) is 11.8 Å². The van der Waals surface area contributed by atoms with Crippen molar-refractivity contribution in [2.75, 3.05) is 0 Å². The Labute approximate surface area is 73.3 Å². The number of alkyl halides is 2. The summed E-state index contributed by atoms with van der Waals surface area (Å²) in [6.45, 7) is -0.462. The highest BCUT2D eigenvalue weighted by Gasteiger charge is 2.10. The summed E-state index contributed by atoms with van der Waals surface area (Å²) in [5, 5.41) is 17.2. The topological polar surface area (TPSA) is 56.9 Å². The Hall–Kier alpha value is -1.54. The van der Waals surface area contributed by atoms with Crippen molar-refractivity contribution in [3.63, 3.8) is 0 Å². The molecule has 3 nitrogen and oxygen atoms in total. The fourth-order valence-electron chi connectivity index (χ4n) is 0.869. The molecule has 1 aromatic rings. The third-order valence-electron chi connectivity index (χ3n) is 1.52. The van der Waals surface area contributed by atoms with Crippen molar-refractivity contribution in [3.8, 4) is 6.07 Å². The van der Waals surface area contributed by atoms with E-state index in [1.165, 1.54) is 0 Å². The molecule has 5 heteroatoms. The molecule has 0 unspecified atom stereocenters. The number of rotatable bonds is 2. The highest BCUT2D eigenvalue weighted by Crippen LogP contribution is 2.19. The molecule has 0 spiro atoms. The predicted molar refractivity (Wildman–Crippen MR) is 39.8 cm³/mol. The first-order valence-electron chi connectivity index (χ1n) is 3.47. The molecular weight excluding hydrogens is 178 g/mol. The molecule has 1 heterocycles. The van der Waals surface area contributed by atoms with Crippen molar-refractivity contribution in [2.45, 2.75) is 13.0 Å². The van der Waals surface area contributed by atoms with E-state index >= 15 is 0 Å². The van der Waals surface area contributed by atoms with Gasteiger partial charge in [0.25, 0.3) is 6.43 Å². The van der Waals surface area contributed by atoms with E-state index in [4.69, 9.17) is 10.4 Å². The largest absolute Gasteiger partial charge is 0.392 e. The van der Waals surface area contributed by atoms with Gasteiger partial charge in [0.15, 0.2) is 0 Å². The summed E-state index contributed by atoms with van der Waals surface area (Å²) in [4.78, 5) is 3.49. The number of halogens is 2. The number of aromatic nitrogens is 1. The van der Waals surface area contributed by atoms with Gasteiger partial charge in [0.05, 0.1) is 6.61 Å². The van der Waals surface area contributed by atoms with Gasteiger partial charge in [-0.3, -0.25) is 0 Å². The second kappa shape index (κ2) is 3.92. The molecule has 0 aliphatic rings. The van der Waals surface area contributed by atoms with E-state index in [1.54, 1.807) is 6.07 Å². The first-order chi connectivity index (χ1) is 6.19. The second-order valence-electron chi connectivity index (χ2n) is 2.35. The molecule has 68 valence electrons. The van der Waals surface area contributed by atoms with E-state index < -0.39 is 13.0 Å². The maximum absolute atomic E-state index is 12.1. The van der Waals surface area contributed by atoms with E-state index in [-0.39, 0.29) is 16.8 Å². The maximum Gasteiger partial charge on any atom is 0.265 e. The first-order valence-corrected chi connectivity index (χ1v) is 3.47. The number of hydrogen-bond donors (Lipinski definition) is 1. The molecule has 0 bridgehead atoms. The summed E-state index contributed by atoms with van der Waals surface area (Å²) in [5.41, 5.74) is -0.185. The fraction of sp³-hybridized carbons (Fsp3) is 0.250. The van der Waals surface area contributed by atoms with Gasteiger partial charge in [-0.05, 0) is 6.07 Å². The van der Waals surface area contributed by atoms with Crippen LogP contribution in [-0.4, -0.2) is 10.1 Å². The molecule has 0 aliphatic carbocycles. The number of nitrogens with zero attached hydrogens (tertiary/aromatic N) is 2. The minimum absolute atomic E-state index is 0.0214. The van der Waals surface area contributed by atoms with Crippen LogP contribution in [0.2, 0.25) is 0 Å². The Kier molecular flexibility index (Phi) is 2.88. The second-order valence-corrected chi connectivity index (χ2v) is 2.35. The van der Waals surface area contributed by atoms with Gasteiger partial charge in [-0.1, -0.05) is 0 Å². The van der Waals surface area contributed by atoms with Crippen LogP contribution in [0.15, 0.2) is 12.3 Å². The van der Waals surface area contributed by atoms with E-state index in [1.807, 2.05) is 0 Å². The van der Waals surface area contributed by atoms with Crippen LogP contribution in [0.1, 0.15) is 23.2 Å². The normalized spacial score (nSPS) is 10.1. The van der Waals surface area contributed by atoms with Crippen LogP contribution in [0.3, 0.4) is 0 Å². The van der Waals surface area contributed by atoms with Crippen LogP contribution >= 0.6 is 0 Å². The number of aliphatic hydroxyl groups is 1. The van der Waals surface area contributed by atoms with Crippen molar-refractivity contribution in [3.05, 3.63) is 29.1 Å². The summed E-state index contributed by atoms with van der Waals surface area (Å²) in [7, 11) is 0. The average molecular weight is 184 g/mol.